The molecule has 0 bridgehead atoms. The topological polar surface area (TPSA) is 63.8 Å². The van der Waals surface area contributed by atoms with Gasteiger partial charge in [-0.15, -0.1) is 10.2 Å². The highest BCUT2D eigenvalue weighted by Crippen LogP contribution is 2.19. The lowest BCUT2D eigenvalue weighted by Gasteiger charge is -1.97. The number of hydrogen-bond donors (Lipinski definition) is 1. The molecule has 0 aliphatic heterocycles. The van der Waals surface area contributed by atoms with Crippen molar-refractivity contribution >= 4 is 11.6 Å². The van der Waals surface area contributed by atoms with Crippen LogP contribution in [0.1, 0.15) is 18.7 Å². The SMILES string of the molecule is Clc1ccc(-c2nnc(CCNC3CC3)o2)nc1. The molecule has 1 fully saturated rings. The van der Waals surface area contributed by atoms with E-state index >= 15 is 0 Å². The number of halogens is 1. The van der Waals surface area contributed by atoms with Crippen molar-refractivity contribution in [2.75, 3.05) is 6.54 Å². The van der Waals surface area contributed by atoms with Crippen molar-refractivity contribution in [3.05, 3.63) is 29.2 Å². The molecule has 5 nitrogen and oxygen atoms in total. The van der Waals surface area contributed by atoms with Crippen LogP contribution in [0.2, 0.25) is 5.02 Å². The van der Waals surface area contributed by atoms with Gasteiger partial charge in [0.05, 0.1) is 5.02 Å². The third-order valence-corrected chi connectivity index (χ3v) is 2.99. The Morgan fingerprint density at radius 1 is 1.33 bits per heavy atom. The summed E-state index contributed by atoms with van der Waals surface area (Å²) in [6, 6.07) is 4.22. The van der Waals surface area contributed by atoms with Gasteiger partial charge in [-0.2, -0.15) is 0 Å². The van der Waals surface area contributed by atoms with Crippen molar-refractivity contribution < 1.29 is 4.42 Å². The molecule has 0 unspecified atom stereocenters. The van der Waals surface area contributed by atoms with Crippen molar-refractivity contribution in [3.63, 3.8) is 0 Å². The Labute approximate surface area is 110 Å². The van der Waals surface area contributed by atoms with Gasteiger partial charge < -0.3 is 9.73 Å². The quantitative estimate of drug-likeness (QED) is 0.896. The summed E-state index contributed by atoms with van der Waals surface area (Å²) in [7, 11) is 0. The van der Waals surface area contributed by atoms with Crippen LogP contribution in [0.5, 0.6) is 0 Å². The zero-order chi connectivity index (χ0) is 12.4. The molecule has 18 heavy (non-hydrogen) atoms. The molecule has 6 heteroatoms. The summed E-state index contributed by atoms with van der Waals surface area (Å²) in [6.07, 6.45) is 4.88. The molecule has 0 amide bonds. The molecule has 2 aromatic rings. The summed E-state index contributed by atoms with van der Waals surface area (Å²) < 4.78 is 5.54. The van der Waals surface area contributed by atoms with E-state index in [4.69, 9.17) is 16.0 Å². The van der Waals surface area contributed by atoms with Gasteiger partial charge in [-0.1, -0.05) is 11.6 Å². The molecule has 2 aromatic heterocycles. The summed E-state index contributed by atoms with van der Waals surface area (Å²) in [6.45, 7) is 0.875. The molecule has 94 valence electrons. The third-order valence-electron chi connectivity index (χ3n) is 2.76. The predicted molar refractivity (Wildman–Crippen MR) is 67.3 cm³/mol. The van der Waals surface area contributed by atoms with Gasteiger partial charge in [0.15, 0.2) is 0 Å². The lowest BCUT2D eigenvalue weighted by molar-refractivity contribution is 0.493. The van der Waals surface area contributed by atoms with E-state index in [-0.39, 0.29) is 0 Å². The highest BCUT2D eigenvalue weighted by molar-refractivity contribution is 6.30. The number of rotatable bonds is 5. The van der Waals surface area contributed by atoms with E-state index in [2.05, 4.69) is 20.5 Å². The molecule has 2 heterocycles. The zero-order valence-electron chi connectivity index (χ0n) is 9.77. The van der Waals surface area contributed by atoms with Crippen LogP contribution in [0.15, 0.2) is 22.7 Å². The monoisotopic (exact) mass is 264 g/mol. The lowest BCUT2D eigenvalue weighted by atomic mass is 10.3. The van der Waals surface area contributed by atoms with Crippen LogP contribution in [0.25, 0.3) is 11.6 Å². The second kappa shape index (κ2) is 5.04. The Morgan fingerprint density at radius 3 is 2.94 bits per heavy atom. The Kier molecular flexibility index (Phi) is 3.25. The van der Waals surface area contributed by atoms with Crippen LogP contribution in [0, 0.1) is 0 Å². The van der Waals surface area contributed by atoms with Crippen molar-refractivity contribution in [2.45, 2.75) is 25.3 Å². The van der Waals surface area contributed by atoms with E-state index in [1.54, 1.807) is 18.3 Å². The minimum atomic E-state index is 0.438. The maximum absolute atomic E-state index is 5.77. The van der Waals surface area contributed by atoms with E-state index in [1.807, 2.05) is 0 Å². The van der Waals surface area contributed by atoms with E-state index < -0.39 is 0 Å². The number of aromatic nitrogens is 3. The first-order valence-corrected chi connectivity index (χ1v) is 6.37. The molecule has 3 rings (SSSR count). The Morgan fingerprint density at radius 2 is 2.22 bits per heavy atom. The highest BCUT2D eigenvalue weighted by Gasteiger charge is 2.20. The predicted octanol–water partition coefficient (Wildman–Crippen LogP) is 2.08. The van der Waals surface area contributed by atoms with E-state index in [9.17, 15) is 0 Å². The maximum atomic E-state index is 5.77. The van der Waals surface area contributed by atoms with Crippen molar-refractivity contribution in [1.29, 1.82) is 0 Å². The lowest BCUT2D eigenvalue weighted by Crippen LogP contribution is -2.19. The normalized spacial score (nSPS) is 14.9. The summed E-state index contributed by atoms with van der Waals surface area (Å²) in [5, 5.41) is 12.0. The summed E-state index contributed by atoms with van der Waals surface area (Å²) >= 11 is 5.77. The zero-order valence-corrected chi connectivity index (χ0v) is 10.5. The Balaban J connectivity index is 1.62. The molecule has 0 radical (unpaired) electrons. The van der Waals surface area contributed by atoms with Gasteiger partial charge in [0, 0.05) is 25.2 Å². The van der Waals surface area contributed by atoms with Crippen LogP contribution in [-0.2, 0) is 6.42 Å². The van der Waals surface area contributed by atoms with E-state index in [0.29, 0.717) is 28.5 Å². The Bertz CT molecular complexity index is 521. The highest BCUT2D eigenvalue weighted by atomic mass is 35.5. The number of nitrogens with one attached hydrogen (secondary N) is 1. The summed E-state index contributed by atoms with van der Waals surface area (Å²) in [5.41, 5.74) is 0.647. The fourth-order valence-electron chi connectivity index (χ4n) is 1.63. The molecule has 1 aliphatic rings. The van der Waals surface area contributed by atoms with Crippen molar-refractivity contribution in [2.24, 2.45) is 0 Å². The number of nitrogens with zero attached hydrogens (tertiary/aromatic N) is 3. The van der Waals surface area contributed by atoms with Crippen LogP contribution in [0.4, 0.5) is 0 Å². The van der Waals surface area contributed by atoms with Gasteiger partial charge in [-0.3, -0.25) is 0 Å². The van der Waals surface area contributed by atoms with Crippen LogP contribution >= 0.6 is 11.6 Å². The Hall–Kier alpha value is -1.46. The largest absolute Gasteiger partial charge is 0.419 e. The summed E-state index contributed by atoms with van der Waals surface area (Å²) in [4.78, 5) is 4.14. The van der Waals surface area contributed by atoms with Crippen molar-refractivity contribution in [1.82, 2.24) is 20.5 Å². The smallest absolute Gasteiger partial charge is 0.266 e. The van der Waals surface area contributed by atoms with E-state index in [0.717, 1.165) is 13.0 Å². The van der Waals surface area contributed by atoms with Gasteiger partial charge >= 0.3 is 0 Å². The maximum Gasteiger partial charge on any atom is 0.266 e. The van der Waals surface area contributed by atoms with Crippen molar-refractivity contribution in [3.8, 4) is 11.6 Å². The first-order chi connectivity index (χ1) is 8.81. The minimum Gasteiger partial charge on any atom is -0.419 e. The molecule has 1 aliphatic carbocycles. The van der Waals surface area contributed by atoms with Crippen LogP contribution in [0.3, 0.4) is 0 Å². The fourth-order valence-corrected chi connectivity index (χ4v) is 1.74. The molecule has 0 saturated heterocycles. The fraction of sp³-hybridized carbons (Fsp3) is 0.417. The second-order valence-electron chi connectivity index (χ2n) is 4.34. The molecular weight excluding hydrogens is 252 g/mol. The standard InChI is InChI=1S/C12H13ClN4O/c13-8-1-4-10(15-7-8)12-17-16-11(18-12)5-6-14-9-2-3-9/h1,4,7,9,14H,2-3,5-6H2. The molecular formula is C12H13ClN4O. The molecule has 1 saturated carbocycles. The molecule has 0 aromatic carbocycles. The average molecular weight is 265 g/mol. The molecule has 0 atom stereocenters. The van der Waals surface area contributed by atoms with Crippen LogP contribution in [-0.4, -0.2) is 27.8 Å². The minimum absolute atomic E-state index is 0.438. The van der Waals surface area contributed by atoms with E-state index in [1.165, 1.54) is 12.8 Å². The second-order valence-corrected chi connectivity index (χ2v) is 4.78. The average Bonchev–Trinajstić information content (AvgIpc) is 3.08. The number of hydrogen-bond acceptors (Lipinski definition) is 5. The first-order valence-electron chi connectivity index (χ1n) is 5.99. The summed E-state index contributed by atoms with van der Waals surface area (Å²) in [5.74, 6) is 1.07. The third kappa shape index (κ3) is 2.86. The molecule has 1 N–H and O–H groups in total. The van der Waals surface area contributed by atoms with Gasteiger partial charge in [0.2, 0.25) is 5.89 Å². The molecule has 0 spiro atoms. The van der Waals surface area contributed by atoms with Gasteiger partial charge in [0.25, 0.3) is 5.89 Å². The van der Waals surface area contributed by atoms with Crippen LogP contribution < -0.4 is 5.32 Å². The van der Waals surface area contributed by atoms with Gasteiger partial charge in [0.1, 0.15) is 5.69 Å². The number of pyridine rings is 1. The van der Waals surface area contributed by atoms with Gasteiger partial charge in [-0.25, -0.2) is 4.98 Å². The van der Waals surface area contributed by atoms with Gasteiger partial charge in [-0.05, 0) is 25.0 Å². The first kappa shape index (κ1) is 11.6.